The van der Waals surface area contributed by atoms with Gasteiger partial charge in [-0.05, 0) is 26.7 Å². The second kappa shape index (κ2) is 9.97. The standard InChI is InChI=1S/C14H20O2/c1-4-5-6-7-8-9-10-11-12-13(2)14(15)16-3/h4-9,12H,10-11H2,1-3H3. The van der Waals surface area contributed by atoms with Gasteiger partial charge in [-0.3, -0.25) is 0 Å². The van der Waals surface area contributed by atoms with Crippen molar-refractivity contribution in [3.05, 3.63) is 48.1 Å². The summed E-state index contributed by atoms with van der Waals surface area (Å²) in [5.74, 6) is -0.253. The lowest BCUT2D eigenvalue weighted by molar-refractivity contribution is -0.136. The first-order chi connectivity index (χ1) is 7.72. The number of rotatable bonds is 6. The monoisotopic (exact) mass is 220 g/mol. The van der Waals surface area contributed by atoms with E-state index in [1.807, 2.05) is 43.4 Å². The van der Waals surface area contributed by atoms with Crippen LogP contribution < -0.4 is 0 Å². The van der Waals surface area contributed by atoms with E-state index in [9.17, 15) is 4.79 Å². The quantitative estimate of drug-likeness (QED) is 0.296. The normalized spacial score (nSPS) is 13.1. The van der Waals surface area contributed by atoms with Crippen LogP contribution in [0.15, 0.2) is 48.1 Å². The number of unbranched alkanes of at least 4 members (excludes halogenated alkanes) is 1. The van der Waals surface area contributed by atoms with E-state index in [1.165, 1.54) is 7.11 Å². The van der Waals surface area contributed by atoms with Crippen molar-refractivity contribution in [2.24, 2.45) is 0 Å². The van der Waals surface area contributed by atoms with Crippen LogP contribution in [-0.2, 0) is 9.53 Å². The SMILES string of the molecule is CC=CC=CC=CCCC=C(C)C(=O)OC. The predicted octanol–water partition coefficient (Wildman–Crippen LogP) is 3.57. The van der Waals surface area contributed by atoms with Gasteiger partial charge < -0.3 is 4.74 Å². The fourth-order valence-corrected chi connectivity index (χ4v) is 1.05. The summed E-state index contributed by atoms with van der Waals surface area (Å²) in [6, 6.07) is 0. The Morgan fingerprint density at radius 3 is 2.44 bits per heavy atom. The molecule has 0 amide bonds. The molecule has 0 unspecified atom stereocenters. The van der Waals surface area contributed by atoms with E-state index < -0.39 is 0 Å². The molecule has 88 valence electrons. The van der Waals surface area contributed by atoms with Gasteiger partial charge in [0.2, 0.25) is 0 Å². The molecule has 16 heavy (non-hydrogen) atoms. The molecule has 0 aromatic carbocycles. The van der Waals surface area contributed by atoms with Gasteiger partial charge in [-0.25, -0.2) is 4.79 Å². The average Bonchev–Trinajstić information content (AvgIpc) is 2.31. The molecular formula is C14H20O2. The lowest BCUT2D eigenvalue weighted by atomic mass is 10.2. The summed E-state index contributed by atoms with van der Waals surface area (Å²) in [6.07, 6.45) is 15.7. The van der Waals surface area contributed by atoms with Crippen LogP contribution in [-0.4, -0.2) is 13.1 Å². The molecule has 0 rings (SSSR count). The van der Waals surface area contributed by atoms with Crippen LogP contribution in [0.1, 0.15) is 26.7 Å². The van der Waals surface area contributed by atoms with E-state index in [1.54, 1.807) is 6.92 Å². The van der Waals surface area contributed by atoms with Gasteiger partial charge in [0.05, 0.1) is 7.11 Å². The summed E-state index contributed by atoms with van der Waals surface area (Å²) in [4.78, 5) is 11.0. The van der Waals surface area contributed by atoms with Crippen molar-refractivity contribution in [2.45, 2.75) is 26.7 Å². The highest BCUT2D eigenvalue weighted by Gasteiger charge is 2.00. The lowest BCUT2D eigenvalue weighted by Crippen LogP contribution is -2.00. The van der Waals surface area contributed by atoms with Gasteiger partial charge in [0.15, 0.2) is 0 Å². The molecule has 0 saturated carbocycles. The van der Waals surface area contributed by atoms with Crippen LogP contribution in [0.25, 0.3) is 0 Å². The molecule has 0 N–H and O–H groups in total. The van der Waals surface area contributed by atoms with E-state index in [0.717, 1.165) is 12.8 Å². The highest BCUT2D eigenvalue weighted by molar-refractivity contribution is 5.87. The molecule has 0 aliphatic heterocycles. The van der Waals surface area contributed by atoms with Gasteiger partial charge in [-0.1, -0.05) is 42.5 Å². The zero-order valence-electron chi connectivity index (χ0n) is 10.3. The molecule has 0 aliphatic carbocycles. The van der Waals surface area contributed by atoms with Crippen LogP contribution >= 0.6 is 0 Å². The fraction of sp³-hybridized carbons (Fsp3) is 0.357. The van der Waals surface area contributed by atoms with Crippen molar-refractivity contribution in [2.75, 3.05) is 7.11 Å². The van der Waals surface area contributed by atoms with E-state index in [2.05, 4.69) is 10.8 Å². The van der Waals surface area contributed by atoms with Gasteiger partial charge in [0.25, 0.3) is 0 Å². The molecule has 0 aromatic heterocycles. The smallest absolute Gasteiger partial charge is 0.333 e. The van der Waals surface area contributed by atoms with Crippen molar-refractivity contribution >= 4 is 5.97 Å². The fourth-order valence-electron chi connectivity index (χ4n) is 1.05. The summed E-state index contributed by atoms with van der Waals surface area (Å²) in [5.41, 5.74) is 0.667. The molecular weight excluding hydrogens is 200 g/mol. The molecule has 0 fully saturated rings. The molecule has 0 atom stereocenters. The third-order valence-electron chi connectivity index (χ3n) is 1.95. The average molecular weight is 220 g/mol. The third kappa shape index (κ3) is 7.80. The Bertz CT molecular complexity index is 307. The van der Waals surface area contributed by atoms with Gasteiger partial charge in [-0.2, -0.15) is 0 Å². The van der Waals surface area contributed by atoms with Crippen LogP contribution in [0.2, 0.25) is 0 Å². The zero-order valence-corrected chi connectivity index (χ0v) is 10.3. The Morgan fingerprint density at radius 2 is 1.81 bits per heavy atom. The first-order valence-corrected chi connectivity index (χ1v) is 5.42. The first kappa shape index (κ1) is 14.4. The molecule has 2 heteroatoms. The van der Waals surface area contributed by atoms with Crippen molar-refractivity contribution in [1.29, 1.82) is 0 Å². The van der Waals surface area contributed by atoms with Gasteiger partial charge in [0, 0.05) is 5.57 Å². The number of hydrogen-bond donors (Lipinski definition) is 0. The second-order valence-electron chi connectivity index (χ2n) is 3.29. The maximum absolute atomic E-state index is 11.0. The van der Waals surface area contributed by atoms with E-state index >= 15 is 0 Å². The van der Waals surface area contributed by atoms with Crippen LogP contribution in [0, 0.1) is 0 Å². The highest BCUT2D eigenvalue weighted by atomic mass is 16.5. The molecule has 0 spiro atoms. The molecule has 0 aromatic rings. The molecule has 2 nitrogen and oxygen atoms in total. The number of carbonyl (C=O) groups is 1. The Balaban J connectivity index is 3.79. The summed E-state index contributed by atoms with van der Waals surface area (Å²) >= 11 is 0. The largest absolute Gasteiger partial charge is 0.466 e. The Labute approximate surface area is 98.0 Å². The summed E-state index contributed by atoms with van der Waals surface area (Å²) < 4.78 is 4.59. The summed E-state index contributed by atoms with van der Waals surface area (Å²) in [5, 5.41) is 0. The van der Waals surface area contributed by atoms with Gasteiger partial charge >= 0.3 is 5.97 Å². The van der Waals surface area contributed by atoms with Crippen molar-refractivity contribution in [3.63, 3.8) is 0 Å². The number of methoxy groups -OCH3 is 1. The summed E-state index contributed by atoms with van der Waals surface area (Å²) in [6.45, 7) is 3.75. The Morgan fingerprint density at radius 1 is 1.12 bits per heavy atom. The molecule has 0 saturated heterocycles. The van der Waals surface area contributed by atoms with Crippen molar-refractivity contribution in [1.82, 2.24) is 0 Å². The maximum Gasteiger partial charge on any atom is 0.333 e. The number of ether oxygens (including phenoxy) is 1. The summed E-state index contributed by atoms with van der Waals surface area (Å²) in [7, 11) is 1.39. The van der Waals surface area contributed by atoms with Crippen LogP contribution in [0.3, 0.4) is 0 Å². The van der Waals surface area contributed by atoms with Gasteiger partial charge in [-0.15, -0.1) is 0 Å². The zero-order chi connectivity index (χ0) is 12.2. The number of allylic oxidation sites excluding steroid dienone is 7. The number of esters is 1. The Kier molecular flexibility index (Phi) is 8.99. The molecule has 0 aliphatic rings. The third-order valence-corrected chi connectivity index (χ3v) is 1.95. The maximum atomic E-state index is 11.0. The molecule has 0 radical (unpaired) electrons. The van der Waals surface area contributed by atoms with E-state index in [0.29, 0.717) is 5.57 Å². The predicted molar refractivity (Wildman–Crippen MR) is 68.1 cm³/mol. The minimum Gasteiger partial charge on any atom is -0.466 e. The molecule has 0 bridgehead atoms. The van der Waals surface area contributed by atoms with Crippen LogP contribution in [0.4, 0.5) is 0 Å². The topological polar surface area (TPSA) is 26.3 Å². The number of carbonyl (C=O) groups excluding carboxylic acids is 1. The highest BCUT2D eigenvalue weighted by Crippen LogP contribution is 2.01. The minimum atomic E-state index is -0.253. The van der Waals surface area contributed by atoms with Crippen LogP contribution in [0.5, 0.6) is 0 Å². The number of hydrogen-bond acceptors (Lipinski definition) is 2. The van der Waals surface area contributed by atoms with Crippen molar-refractivity contribution in [3.8, 4) is 0 Å². The first-order valence-electron chi connectivity index (χ1n) is 5.42. The lowest BCUT2D eigenvalue weighted by Gasteiger charge is -1.96. The van der Waals surface area contributed by atoms with E-state index in [-0.39, 0.29) is 5.97 Å². The minimum absolute atomic E-state index is 0.253. The molecule has 0 heterocycles. The van der Waals surface area contributed by atoms with E-state index in [4.69, 9.17) is 0 Å². The van der Waals surface area contributed by atoms with Crippen molar-refractivity contribution < 1.29 is 9.53 Å². The Hall–Kier alpha value is -1.57. The van der Waals surface area contributed by atoms with Gasteiger partial charge in [0.1, 0.15) is 0 Å². The second-order valence-corrected chi connectivity index (χ2v) is 3.29.